The highest BCUT2D eigenvalue weighted by Gasteiger charge is 2.23. The number of fused-ring (bicyclic) bond motifs is 3. The molecule has 10 heteroatoms. The van der Waals surface area contributed by atoms with E-state index >= 15 is 0 Å². The van der Waals surface area contributed by atoms with Crippen LogP contribution in [-0.4, -0.2) is 47.9 Å². The largest absolute Gasteiger partial charge is 0.354 e. The van der Waals surface area contributed by atoms with Crippen molar-refractivity contribution in [3.63, 3.8) is 0 Å². The Morgan fingerprint density at radius 1 is 1.28 bits per heavy atom. The van der Waals surface area contributed by atoms with Crippen LogP contribution >= 0.6 is 11.6 Å². The molecule has 0 bridgehead atoms. The molecule has 5 rings (SSSR count). The second kappa shape index (κ2) is 7.00. The van der Waals surface area contributed by atoms with E-state index in [0.717, 1.165) is 35.7 Å². The van der Waals surface area contributed by atoms with Crippen molar-refractivity contribution in [3.05, 3.63) is 35.6 Å². The number of carbonyl (C=O) groups excluding carboxylic acids is 1. The van der Waals surface area contributed by atoms with E-state index in [1.54, 1.807) is 21.5 Å². The zero-order chi connectivity index (χ0) is 20.0. The maximum Gasteiger partial charge on any atom is 0.242 e. The van der Waals surface area contributed by atoms with Crippen LogP contribution in [0, 0.1) is 0 Å². The normalized spacial score (nSPS) is 17.4. The summed E-state index contributed by atoms with van der Waals surface area (Å²) < 4.78 is 3.34. The molecule has 3 aromatic heterocycles. The molecule has 1 saturated heterocycles. The third-order valence-electron chi connectivity index (χ3n) is 5.04. The maximum atomic E-state index is 12.4. The van der Waals surface area contributed by atoms with Crippen LogP contribution in [0.2, 0.25) is 5.02 Å². The second-order valence-corrected chi connectivity index (χ2v) is 7.59. The number of anilines is 1. The minimum atomic E-state index is -0.371. The van der Waals surface area contributed by atoms with Crippen molar-refractivity contribution in [1.82, 2.24) is 34.7 Å². The van der Waals surface area contributed by atoms with Crippen LogP contribution in [0.5, 0.6) is 0 Å². The summed E-state index contributed by atoms with van der Waals surface area (Å²) >= 11 is 6.21. The lowest BCUT2D eigenvalue weighted by molar-refractivity contribution is -0.121. The minimum absolute atomic E-state index is 0.0266. The van der Waals surface area contributed by atoms with Crippen LogP contribution in [0.15, 0.2) is 30.6 Å². The van der Waals surface area contributed by atoms with Gasteiger partial charge in [-0.25, -0.2) is 9.97 Å². The fourth-order valence-electron chi connectivity index (χ4n) is 3.57. The molecule has 148 valence electrons. The Kier molecular flexibility index (Phi) is 4.31. The van der Waals surface area contributed by atoms with Crippen molar-refractivity contribution >= 4 is 40.0 Å². The molecule has 1 aliphatic heterocycles. The van der Waals surface area contributed by atoms with Gasteiger partial charge >= 0.3 is 0 Å². The van der Waals surface area contributed by atoms with Crippen molar-refractivity contribution in [3.8, 4) is 11.4 Å². The van der Waals surface area contributed by atoms with Crippen LogP contribution in [0.4, 0.5) is 5.95 Å². The summed E-state index contributed by atoms with van der Waals surface area (Å²) in [5, 5.41) is 16.4. The number of hydrogen-bond acceptors (Lipinski definition) is 6. The van der Waals surface area contributed by atoms with Gasteiger partial charge in [-0.05, 0) is 37.5 Å². The topological polar surface area (TPSA) is 102 Å². The summed E-state index contributed by atoms with van der Waals surface area (Å²) in [6, 6.07) is 5.08. The summed E-state index contributed by atoms with van der Waals surface area (Å²) in [4.78, 5) is 21.8. The average molecular weight is 411 g/mol. The molecule has 0 radical (unpaired) electrons. The molecule has 1 fully saturated rings. The summed E-state index contributed by atoms with van der Waals surface area (Å²) in [5.74, 6) is 0.974. The fraction of sp³-hybridized carbons (Fsp3) is 0.316. The quantitative estimate of drug-likeness (QED) is 0.537. The number of amides is 1. The zero-order valence-corrected chi connectivity index (χ0v) is 16.5. The molecular formula is C19H19ClN8O. The zero-order valence-electron chi connectivity index (χ0n) is 15.8. The van der Waals surface area contributed by atoms with Gasteiger partial charge in [0.05, 0.1) is 17.3 Å². The molecule has 0 aliphatic carbocycles. The van der Waals surface area contributed by atoms with E-state index in [1.165, 1.54) is 0 Å². The highest BCUT2D eigenvalue weighted by atomic mass is 35.5. The number of nitrogens with zero attached hydrogens (tertiary/aromatic N) is 6. The Morgan fingerprint density at radius 3 is 3.00 bits per heavy atom. The molecule has 0 saturated carbocycles. The molecule has 1 aliphatic rings. The minimum Gasteiger partial charge on any atom is -0.354 e. The highest BCUT2D eigenvalue weighted by Crippen LogP contribution is 2.27. The van der Waals surface area contributed by atoms with Gasteiger partial charge in [-0.2, -0.15) is 9.61 Å². The molecule has 1 amide bonds. The average Bonchev–Trinajstić information content (AvgIpc) is 3.28. The number of aryl methyl sites for hydroxylation is 1. The molecule has 4 aromatic rings. The number of benzene rings is 1. The summed E-state index contributed by atoms with van der Waals surface area (Å²) in [7, 11) is 1.84. The third-order valence-corrected chi connectivity index (χ3v) is 5.27. The Labute approximate surface area is 171 Å². The van der Waals surface area contributed by atoms with Crippen LogP contribution < -0.4 is 10.6 Å². The van der Waals surface area contributed by atoms with Gasteiger partial charge in [-0.15, -0.1) is 5.10 Å². The smallest absolute Gasteiger partial charge is 0.242 e. The summed E-state index contributed by atoms with van der Waals surface area (Å²) in [6.07, 6.45) is 6.22. The van der Waals surface area contributed by atoms with Gasteiger partial charge in [-0.3, -0.25) is 9.48 Å². The highest BCUT2D eigenvalue weighted by molar-refractivity contribution is 6.31. The molecular weight excluding hydrogens is 392 g/mol. The molecule has 0 spiro atoms. The Bertz CT molecular complexity index is 1230. The third kappa shape index (κ3) is 3.27. The standard InChI is InChI=1S/C19H19ClN8O/c1-27-10-11(9-22-27)16-25-17-13-8-12(20)5-6-14(13)23-19(28(17)26-16)24-15-4-2-3-7-21-18(15)29/h5-6,8-10,15H,2-4,7H2,1H3,(H,21,29)(H,23,24)/t15-/m1/s1. The van der Waals surface area contributed by atoms with Crippen molar-refractivity contribution in [2.75, 3.05) is 11.9 Å². The SMILES string of the molecule is Cn1cc(-c2nc3c4cc(Cl)ccc4nc(N[C@@H]4CCCCNC4=O)n3n2)cn1. The van der Waals surface area contributed by atoms with Crippen LogP contribution in [0.3, 0.4) is 0 Å². The Hall–Kier alpha value is -3.20. The summed E-state index contributed by atoms with van der Waals surface area (Å²) in [5.41, 5.74) is 2.14. The first-order valence-electron chi connectivity index (χ1n) is 9.48. The van der Waals surface area contributed by atoms with Crippen molar-refractivity contribution in [1.29, 1.82) is 0 Å². The van der Waals surface area contributed by atoms with Crippen molar-refractivity contribution < 1.29 is 4.79 Å². The van der Waals surface area contributed by atoms with Crippen molar-refractivity contribution in [2.45, 2.75) is 25.3 Å². The Morgan fingerprint density at radius 2 is 2.17 bits per heavy atom. The van der Waals surface area contributed by atoms with Crippen LogP contribution in [-0.2, 0) is 11.8 Å². The summed E-state index contributed by atoms with van der Waals surface area (Å²) in [6.45, 7) is 0.699. The number of halogens is 1. The van der Waals surface area contributed by atoms with Gasteiger partial charge in [0, 0.05) is 30.2 Å². The first-order chi connectivity index (χ1) is 14.1. The predicted octanol–water partition coefficient (Wildman–Crippen LogP) is 2.41. The van der Waals surface area contributed by atoms with E-state index in [-0.39, 0.29) is 11.9 Å². The van der Waals surface area contributed by atoms with Gasteiger partial charge in [0.15, 0.2) is 11.5 Å². The molecule has 1 atom stereocenters. The van der Waals surface area contributed by atoms with Gasteiger partial charge in [0.25, 0.3) is 0 Å². The van der Waals surface area contributed by atoms with Gasteiger partial charge < -0.3 is 10.6 Å². The molecule has 9 nitrogen and oxygen atoms in total. The lowest BCUT2D eigenvalue weighted by Gasteiger charge is -2.16. The van der Waals surface area contributed by atoms with Gasteiger partial charge in [0.2, 0.25) is 11.9 Å². The molecule has 2 N–H and O–H groups in total. The fourth-order valence-corrected chi connectivity index (χ4v) is 3.74. The first-order valence-corrected chi connectivity index (χ1v) is 9.85. The first kappa shape index (κ1) is 17.9. The van der Waals surface area contributed by atoms with E-state index in [9.17, 15) is 4.79 Å². The second-order valence-electron chi connectivity index (χ2n) is 7.15. The Balaban J connectivity index is 1.68. The van der Waals surface area contributed by atoms with Crippen LogP contribution in [0.25, 0.3) is 27.9 Å². The molecule has 1 aromatic carbocycles. The van der Waals surface area contributed by atoms with E-state index < -0.39 is 0 Å². The monoisotopic (exact) mass is 410 g/mol. The lowest BCUT2D eigenvalue weighted by Crippen LogP contribution is -2.38. The van der Waals surface area contributed by atoms with Gasteiger partial charge in [0.1, 0.15) is 6.04 Å². The van der Waals surface area contributed by atoms with Gasteiger partial charge in [-0.1, -0.05) is 11.6 Å². The number of nitrogens with one attached hydrogen (secondary N) is 2. The number of aromatic nitrogens is 6. The lowest BCUT2D eigenvalue weighted by atomic mass is 10.1. The van der Waals surface area contributed by atoms with Crippen LogP contribution in [0.1, 0.15) is 19.3 Å². The van der Waals surface area contributed by atoms with E-state index in [0.29, 0.717) is 29.0 Å². The molecule has 29 heavy (non-hydrogen) atoms. The predicted molar refractivity (Wildman–Crippen MR) is 110 cm³/mol. The molecule has 4 heterocycles. The molecule has 0 unspecified atom stereocenters. The number of rotatable bonds is 3. The van der Waals surface area contributed by atoms with E-state index in [4.69, 9.17) is 21.6 Å². The van der Waals surface area contributed by atoms with Crippen molar-refractivity contribution in [2.24, 2.45) is 7.05 Å². The maximum absolute atomic E-state index is 12.4. The van der Waals surface area contributed by atoms with E-state index in [1.807, 2.05) is 25.4 Å². The number of hydrogen-bond donors (Lipinski definition) is 2. The number of carbonyl (C=O) groups is 1. The van der Waals surface area contributed by atoms with E-state index in [2.05, 4.69) is 20.8 Å².